The molecule has 28 heavy (non-hydrogen) atoms. The van der Waals surface area contributed by atoms with Crippen LogP contribution in [0.3, 0.4) is 0 Å². The summed E-state index contributed by atoms with van der Waals surface area (Å²) in [5.41, 5.74) is 0.678. The van der Waals surface area contributed by atoms with Gasteiger partial charge in [-0.1, -0.05) is 25.0 Å². The Labute approximate surface area is 167 Å². The summed E-state index contributed by atoms with van der Waals surface area (Å²) in [6.07, 6.45) is 0.287. The number of nitrogens with one attached hydrogen (secondary N) is 2. The number of carbonyl (C=O) groups is 1. The number of rotatable bonds is 7. The molecule has 158 valence electrons. The van der Waals surface area contributed by atoms with Crippen LogP contribution in [0.15, 0.2) is 24.3 Å². The fourth-order valence-corrected chi connectivity index (χ4v) is 4.05. The van der Waals surface area contributed by atoms with Gasteiger partial charge >= 0.3 is 12.3 Å². The normalized spacial score (nSPS) is 24.5. The second-order valence-corrected chi connectivity index (χ2v) is 7.44. The first-order valence-electron chi connectivity index (χ1n) is 9.18. The van der Waals surface area contributed by atoms with Crippen LogP contribution in [0.2, 0.25) is 0 Å². The summed E-state index contributed by atoms with van der Waals surface area (Å²) < 4.78 is 54.8. The molecule has 9 heteroatoms. The molecule has 1 amide bonds. The van der Waals surface area contributed by atoms with E-state index in [0.717, 1.165) is 32.2 Å². The van der Waals surface area contributed by atoms with Crippen LogP contribution in [-0.2, 0) is 16.1 Å². The van der Waals surface area contributed by atoms with Gasteiger partial charge in [0.1, 0.15) is 6.61 Å². The molecule has 0 spiro atoms. The molecule has 2 atom stereocenters. The fraction of sp³-hybridized carbons (Fsp3) is 0.632. The molecule has 2 N–H and O–H groups in total. The zero-order valence-electron chi connectivity index (χ0n) is 15.4. The first-order valence-corrected chi connectivity index (χ1v) is 9.18. The van der Waals surface area contributed by atoms with Gasteiger partial charge in [-0.25, -0.2) is 8.78 Å². The van der Waals surface area contributed by atoms with Gasteiger partial charge in [0.2, 0.25) is 5.91 Å². The van der Waals surface area contributed by atoms with Crippen molar-refractivity contribution in [3.05, 3.63) is 29.8 Å². The van der Waals surface area contributed by atoms with Crippen molar-refractivity contribution in [3.63, 3.8) is 0 Å². The molecule has 2 aliphatic rings. The van der Waals surface area contributed by atoms with E-state index in [9.17, 15) is 22.4 Å². The summed E-state index contributed by atoms with van der Waals surface area (Å²) >= 11 is 0. The molecule has 3 rings (SSSR count). The average Bonchev–Trinajstić information content (AvgIpc) is 3.07. The number of fused-ring (bicyclic) bond motifs is 1. The fourth-order valence-electron chi connectivity index (χ4n) is 4.05. The second kappa shape index (κ2) is 9.41. The summed E-state index contributed by atoms with van der Waals surface area (Å²) in [5.74, 6) is -3.87. The monoisotopic (exact) mass is 424 g/mol. The van der Waals surface area contributed by atoms with E-state index in [0.29, 0.717) is 23.7 Å². The molecular formula is C19H25ClF4N2O2. The van der Waals surface area contributed by atoms with Crippen LogP contribution >= 0.6 is 12.4 Å². The van der Waals surface area contributed by atoms with E-state index in [2.05, 4.69) is 10.6 Å². The Morgan fingerprint density at radius 2 is 2.14 bits per heavy atom. The van der Waals surface area contributed by atoms with E-state index in [1.54, 1.807) is 24.3 Å². The summed E-state index contributed by atoms with van der Waals surface area (Å²) in [6, 6.07) is 6.64. The van der Waals surface area contributed by atoms with Crippen LogP contribution < -0.4 is 10.6 Å². The highest BCUT2D eigenvalue weighted by Crippen LogP contribution is 2.44. The lowest BCUT2D eigenvalue weighted by Gasteiger charge is -2.37. The average molecular weight is 425 g/mol. The molecule has 1 saturated heterocycles. The van der Waals surface area contributed by atoms with Gasteiger partial charge in [0.05, 0.1) is 12.0 Å². The highest BCUT2D eigenvalue weighted by atomic mass is 35.5. The van der Waals surface area contributed by atoms with Gasteiger partial charge in [-0.3, -0.25) is 4.79 Å². The molecule has 0 unspecified atom stereocenters. The Kier molecular flexibility index (Phi) is 7.70. The number of anilines is 1. The Morgan fingerprint density at radius 1 is 1.36 bits per heavy atom. The van der Waals surface area contributed by atoms with Gasteiger partial charge in [-0.15, -0.1) is 12.4 Å². The third-order valence-corrected chi connectivity index (χ3v) is 5.56. The highest BCUT2D eigenvalue weighted by Gasteiger charge is 2.49. The first-order chi connectivity index (χ1) is 12.8. The van der Waals surface area contributed by atoms with E-state index in [4.69, 9.17) is 4.74 Å². The van der Waals surface area contributed by atoms with Crippen molar-refractivity contribution in [2.45, 2.75) is 44.6 Å². The molecular weight excluding hydrogens is 400 g/mol. The maximum Gasteiger partial charge on any atom is 0.330 e. The second-order valence-electron chi connectivity index (χ2n) is 7.44. The van der Waals surface area contributed by atoms with Crippen molar-refractivity contribution < 1.29 is 27.1 Å². The van der Waals surface area contributed by atoms with E-state index in [-0.39, 0.29) is 24.9 Å². The Bertz CT molecular complexity index is 677. The molecule has 1 aromatic rings. The number of amides is 1. The molecule has 0 aromatic heterocycles. The number of alkyl halides is 4. The topological polar surface area (TPSA) is 50.4 Å². The quantitative estimate of drug-likeness (QED) is 0.643. The maximum absolute atomic E-state index is 12.9. The summed E-state index contributed by atoms with van der Waals surface area (Å²) in [6.45, 7) is -0.0757. The third-order valence-electron chi connectivity index (χ3n) is 5.56. The van der Waals surface area contributed by atoms with Crippen molar-refractivity contribution in [3.8, 4) is 0 Å². The van der Waals surface area contributed by atoms with Crippen LogP contribution in [0.25, 0.3) is 0 Å². The summed E-state index contributed by atoms with van der Waals surface area (Å²) in [4.78, 5) is 12.9. The van der Waals surface area contributed by atoms with Crippen molar-refractivity contribution in [2.75, 3.05) is 25.0 Å². The van der Waals surface area contributed by atoms with Crippen LogP contribution in [0.1, 0.15) is 31.2 Å². The zero-order valence-corrected chi connectivity index (χ0v) is 16.2. The minimum atomic E-state index is -4.17. The van der Waals surface area contributed by atoms with Gasteiger partial charge in [-0.2, -0.15) is 8.78 Å². The van der Waals surface area contributed by atoms with E-state index in [1.165, 1.54) is 0 Å². The molecule has 1 aliphatic heterocycles. The Morgan fingerprint density at radius 3 is 2.89 bits per heavy atom. The molecule has 1 aliphatic carbocycles. The minimum absolute atomic E-state index is 0. The predicted octanol–water partition coefficient (Wildman–Crippen LogP) is 4.24. The lowest BCUT2D eigenvalue weighted by Crippen LogP contribution is -2.44. The molecule has 0 bridgehead atoms. The van der Waals surface area contributed by atoms with Crippen molar-refractivity contribution in [1.82, 2.24) is 5.32 Å². The SMILES string of the molecule is Cl.O=C(Nc1cccc(COCC(F)(F)C(F)F)c1)[C@@]12CCCC[C@H]1CNC2. The van der Waals surface area contributed by atoms with Crippen LogP contribution in [0.5, 0.6) is 0 Å². The van der Waals surface area contributed by atoms with Crippen LogP contribution in [0, 0.1) is 11.3 Å². The number of halogens is 5. The molecule has 1 aromatic carbocycles. The summed E-state index contributed by atoms with van der Waals surface area (Å²) in [7, 11) is 0. The maximum atomic E-state index is 12.9. The number of hydrogen-bond donors (Lipinski definition) is 2. The van der Waals surface area contributed by atoms with Crippen molar-refractivity contribution in [2.24, 2.45) is 11.3 Å². The third kappa shape index (κ3) is 4.96. The number of carbonyl (C=O) groups excluding carboxylic acids is 1. The number of ether oxygens (including phenoxy) is 1. The molecule has 1 saturated carbocycles. The predicted molar refractivity (Wildman–Crippen MR) is 100 cm³/mol. The van der Waals surface area contributed by atoms with Gasteiger partial charge in [-0.05, 0) is 43.0 Å². The van der Waals surface area contributed by atoms with Crippen molar-refractivity contribution >= 4 is 24.0 Å². The lowest BCUT2D eigenvalue weighted by molar-refractivity contribution is -0.168. The number of benzene rings is 1. The van der Waals surface area contributed by atoms with Crippen LogP contribution in [0.4, 0.5) is 23.2 Å². The van der Waals surface area contributed by atoms with Crippen molar-refractivity contribution in [1.29, 1.82) is 0 Å². The zero-order chi connectivity index (χ0) is 19.5. The minimum Gasteiger partial charge on any atom is -0.370 e. The Hall–Kier alpha value is -1.38. The van der Waals surface area contributed by atoms with Gasteiger partial charge in [0.25, 0.3) is 0 Å². The highest BCUT2D eigenvalue weighted by molar-refractivity contribution is 5.96. The molecule has 0 radical (unpaired) electrons. The van der Waals surface area contributed by atoms with E-state index in [1.807, 2.05) is 0 Å². The first kappa shape index (κ1) is 22.9. The van der Waals surface area contributed by atoms with E-state index < -0.39 is 24.4 Å². The molecule has 1 heterocycles. The largest absolute Gasteiger partial charge is 0.370 e. The Balaban J connectivity index is 0.00000280. The lowest BCUT2D eigenvalue weighted by atomic mass is 9.67. The van der Waals surface area contributed by atoms with Gasteiger partial charge in [0.15, 0.2) is 0 Å². The van der Waals surface area contributed by atoms with Gasteiger partial charge in [0, 0.05) is 12.2 Å². The summed E-state index contributed by atoms with van der Waals surface area (Å²) in [5, 5.41) is 6.26. The smallest absolute Gasteiger partial charge is 0.330 e. The van der Waals surface area contributed by atoms with Crippen LogP contribution in [-0.4, -0.2) is 38.0 Å². The number of hydrogen-bond acceptors (Lipinski definition) is 3. The molecule has 2 fully saturated rings. The van der Waals surface area contributed by atoms with Gasteiger partial charge < -0.3 is 15.4 Å². The standard InChI is InChI=1S/C19H24F4N2O2.ClH/c20-16(21)19(22,23)12-27-10-13-4-3-6-15(8-13)25-17(26)18-7-2-1-5-14(18)9-24-11-18;/h3-4,6,8,14,16,24H,1-2,5,7,9-12H2,(H,25,26);1H/t14-,18+;/m0./s1. The van der Waals surface area contributed by atoms with E-state index >= 15 is 0 Å². The molecule has 4 nitrogen and oxygen atoms in total.